The van der Waals surface area contributed by atoms with E-state index < -0.39 is 11.7 Å². The standard InChI is InChI=1S/C16H15F3N2O2S/c1-22-13-7-12(8-14(9-13)23-2)21-15(24)20-11-5-3-4-10(6-11)16(17,18)19/h3-9H,1-2H3,(H2,20,21,24). The van der Waals surface area contributed by atoms with E-state index in [4.69, 9.17) is 21.7 Å². The number of nitrogens with one attached hydrogen (secondary N) is 2. The van der Waals surface area contributed by atoms with Crippen LogP contribution in [0.3, 0.4) is 0 Å². The van der Waals surface area contributed by atoms with Gasteiger partial charge in [-0.1, -0.05) is 6.07 Å². The van der Waals surface area contributed by atoms with Gasteiger partial charge in [-0.05, 0) is 30.4 Å². The molecule has 2 rings (SSSR count). The van der Waals surface area contributed by atoms with E-state index in [1.54, 1.807) is 18.2 Å². The van der Waals surface area contributed by atoms with Crippen LogP contribution in [0.4, 0.5) is 24.5 Å². The number of ether oxygens (including phenoxy) is 2. The van der Waals surface area contributed by atoms with Crippen molar-refractivity contribution in [3.63, 3.8) is 0 Å². The number of alkyl halides is 3. The lowest BCUT2D eigenvalue weighted by molar-refractivity contribution is -0.137. The SMILES string of the molecule is COc1cc(NC(=S)Nc2cccc(C(F)(F)F)c2)cc(OC)c1. The van der Waals surface area contributed by atoms with E-state index in [0.29, 0.717) is 17.2 Å². The Balaban J connectivity index is 2.11. The number of methoxy groups -OCH3 is 2. The Morgan fingerprint density at radius 3 is 2.04 bits per heavy atom. The van der Waals surface area contributed by atoms with Crippen LogP contribution in [0.2, 0.25) is 0 Å². The lowest BCUT2D eigenvalue weighted by Gasteiger charge is -2.14. The van der Waals surface area contributed by atoms with Crippen molar-refractivity contribution in [2.24, 2.45) is 0 Å². The lowest BCUT2D eigenvalue weighted by atomic mass is 10.2. The minimum absolute atomic E-state index is 0.143. The maximum atomic E-state index is 12.7. The van der Waals surface area contributed by atoms with Crippen molar-refractivity contribution >= 4 is 28.7 Å². The summed E-state index contributed by atoms with van der Waals surface area (Å²) >= 11 is 5.13. The van der Waals surface area contributed by atoms with E-state index in [-0.39, 0.29) is 10.8 Å². The third-order valence-corrected chi connectivity index (χ3v) is 3.26. The number of hydrogen-bond donors (Lipinski definition) is 2. The highest BCUT2D eigenvalue weighted by Crippen LogP contribution is 2.31. The van der Waals surface area contributed by atoms with Crippen LogP contribution in [0.25, 0.3) is 0 Å². The smallest absolute Gasteiger partial charge is 0.416 e. The molecule has 0 heterocycles. The molecule has 8 heteroatoms. The lowest BCUT2D eigenvalue weighted by Crippen LogP contribution is -2.19. The van der Waals surface area contributed by atoms with Gasteiger partial charge in [0.2, 0.25) is 0 Å². The number of anilines is 2. The van der Waals surface area contributed by atoms with Crippen LogP contribution in [0.5, 0.6) is 11.5 Å². The van der Waals surface area contributed by atoms with Gasteiger partial charge in [-0.25, -0.2) is 0 Å². The molecule has 0 aliphatic rings. The largest absolute Gasteiger partial charge is 0.497 e. The summed E-state index contributed by atoms with van der Waals surface area (Å²) in [5.74, 6) is 1.11. The fourth-order valence-electron chi connectivity index (χ4n) is 1.95. The molecule has 0 fully saturated rings. The van der Waals surface area contributed by atoms with Crippen LogP contribution in [-0.4, -0.2) is 19.3 Å². The van der Waals surface area contributed by atoms with Crippen molar-refractivity contribution in [2.45, 2.75) is 6.18 Å². The zero-order valence-corrected chi connectivity index (χ0v) is 13.7. The van der Waals surface area contributed by atoms with Crippen LogP contribution >= 0.6 is 12.2 Å². The predicted molar refractivity (Wildman–Crippen MR) is 90.8 cm³/mol. The van der Waals surface area contributed by atoms with Crippen LogP contribution in [0.15, 0.2) is 42.5 Å². The van der Waals surface area contributed by atoms with Gasteiger partial charge in [0, 0.05) is 29.6 Å². The van der Waals surface area contributed by atoms with Crippen molar-refractivity contribution in [1.82, 2.24) is 0 Å². The van der Waals surface area contributed by atoms with Gasteiger partial charge in [0.05, 0.1) is 19.8 Å². The van der Waals surface area contributed by atoms with Crippen LogP contribution in [0.1, 0.15) is 5.56 Å². The first-order valence-corrected chi connectivity index (χ1v) is 7.21. The molecule has 0 saturated heterocycles. The van der Waals surface area contributed by atoms with Gasteiger partial charge in [0.1, 0.15) is 11.5 Å². The molecule has 0 atom stereocenters. The minimum Gasteiger partial charge on any atom is -0.497 e. The van der Waals surface area contributed by atoms with Crippen molar-refractivity contribution < 1.29 is 22.6 Å². The average Bonchev–Trinajstić information content (AvgIpc) is 2.53. The van der Waals surface area contributed by atoms with Crippen molar-refractivity contribution in [1.29, 1.82) is 0 Å². The zero-order valence-electron chi connectivity index (χ0n) is 12.9. The first-order valence-electron chi connectivity index (χ1n) is 6.80. The number of thiocarbonyl (C=S) groups is 1. The van der Waals surface area contributed by atoms with Gasteiger partial charge in [0.25, 0.3) is 0 Å². The molecule has 0 unspecified atom stereocenters. The first-order chi connectivity index (χ1) is 11.3. The highest BCUT2D eigenvalue weighted by molar-refractivity contribution is 7.80. The van der Waals surface area contributed by atoms with E-state index in [0.717, 1.165) is 12.1 Å². The quantitative estimate of drug-likeness (QED) is 0.788. The molecule has 0 saturated carbocycles. The summed E-state index contributed by atoms with van der Waals surface area (Å²) in [5.41, 5.74) is 0.0613. The molecule has 2 aromatic carbocycles. The van der Waals surface area contributed by atoms with Gasteiger partial charge in [-0.3, -0.25) is 0 Å². The molecule has 2 N–H and O–H groups in total. The summed E-state index contributed by atoms with van der Waals surface area (Å²) in [5, 5.41) is 5.74. The normalized spacial score (nSPS) is 10.9. The highest BCUT2D eigenvalue weighted by Gasteiger charge is 2.30. The maximum absolute atomic E-state index is 12.7. The van der Waals surface area contributed by atoms with Crippen molar-refractivity contribution in [3.8, 4) is 11.5 Å². The molecular weight excluding hydrogens is 341 g/mol. The molecule has 0 radical (unpaired) electrons. The first kappa shape index (κ1) is 17.9. The van der Waals surface area contributed by atoms with Crippen molar-refractivity contribution in [2.75, 3.05) is 24.9 Å². The Morgan fingerprint density at radius 1 is 0.917 bits per heavy atom. The number of hydrogen-bond acceptors (Lipinski definition) is 3. The van der Waals surface area contributed by atoms with Crippen LogP contribution < -0.4 is 20.1 Å². The molecule has 0 spiro atoms. The molecule has 0 aliphatic heterocycles. The maximum Gasteiger partial charge on any atom is 0.416 e. The van der Waals surface area contributed by atoms with Crippen LogP contribution in [0, 0.1) is 0 Å². The summed E-state index contributed by atoms with van der Waals surface area (Å²) in [7, 11) is 3.02. The molecule has 2 aromatic rings. The minimum atomic E-state index is -4.41. The molecule has 0 aliphatic carbocycles. The second kappa shape index (κ2) is 7.39. The summed E-state index contributed by atoms with van der Waals surface area (Å²) in [6, 6.07) is 9.84. The molecule has 128 valence electrons. The summed E-state index contributed by atoms with van der Waals surface area (Å²) in [4.78, 5) is 0. The zero-order chi connectivity index (χ0) is 17.7. The number of halogens is 3. The molecule has 0 amide bonds. The third kappa shape index (κ3) is 4.76. The molecule has 0 bridgehead atoms. The topological polar surface area (TPSA) is 42.5 Å². The Kier molecular flexibility index (Phi) is 5.50. The fourth-order valence-corrected chi connectivity index (χ4v) is 2.18. The molecular formula is C16H15F3N2O2S. The molecule has 24 heavy (non-hydrogen) atoms. The fraction of sp³-hybridized carbons (Fsp3) is 0.188. The summed E-state index contributed by atoms with van der Waals surface area (Å²) in [6.45, 7) is 0. The Hall–Kier alpha value is -2.48. The Morgan fingerprint density at radius 2 is 1.50 bits per heavy atom. The van der Waals surface area contributed by atoms with Crippen molar-refractivity contribution in [3.05, 3.63) is 48.0 Å². The number of benzene rings is 2. The second-order valence-electron chi connectivity index (χ2n) is 4.76. The van der Waals surface area contributed by atoms with Crippen LogP contribution in [-0.2, 0) is 6.18 Å². The average molecular weight is 356 g/mol. The Labute approximate surface area is 142 Å². The van der Waals surface area contributed by atoms with E-state index >= 15 is 0 Å². The van der Waals surface area contributed by atoms with Gasteiger partial charge in [-0.15, -0.1) is 0 Å². The van der Waals surface area contributed by atoms with Gasteiger partial charge in [0.15, 0.2) is 5.11 Å². The van der Waals surface area contributed by atoms with Gasteiger partial charge in [-0.2, -0.15) is 13.2 Å². The summed E-state index contributed by atoms with van der Waals surface area (Å²) < 4.78 is 48.4. The Bertz CT molecular complexity index is 713. The second-order valence-corrected chi connectivity index (χ2v) is 5.17. The van der Waals surface area contributed by atoms with E-state index in [1.165, 1.54) is 26.4 Å². The number of rotatable bonds is 4. The van der Waals surface area contributed by atoms with E-state index in [1.807, 2.05) is 0 Å². The van der Waals surface area contributed by atoms with E-state index in [2.05, 4.69) is 10.6 Å². The predicted octanol–water partition coefficient (Wildman–Crippen LogP) is 4.53. The van der Waals surface area contributed by atoms with Gasteiger partial charge < -0.3 is 20.1 Å². The molecule has 4 nitrogen and oxygen atoms in total. The van der Waals surface area contributed by atoms with E-state index in [9.17, 15) is 13.2 Å². The monoisotopic (exact) mass is 356 g/mol. The highest BCUT2D eigenvalue weighted by atomic mass is 32.1. The van der Waals surface area contributed by atoms with Gasteiger partial charge >= 0.3 is 6.18 Å². The molecule has 0 aromatic heterocycles. The third-order valence-electron chi connectivity index (χ3n) is 3.06. The summed E-state index contributed by atoms with van der Waals surface area (Å²) in [6.07, 6.45) is -4.41.